The summed E-state index contributed by atoms with van der Waals surface area (Å²) in [5, 5.41) is 9.63. The maximum absolute atomic E-state index is 9.63. The lowest BCUT2D eigenvalue weighted by Crippen LogP contribution is -2.43. The molecule has 0 aliphatic heterocycles. The Morgan fingerprint density at radius 1 is 1.28 bits per heavy atom. The molecule has 0 heterocycles. The average Bonchev–Trinajstić information content (AvgIpc) is 2.87. The molecule has 108 valence electrons. The third-order valence-electron chi connectivity index (χ3n) is 4.65. The Labute approximate surface area is 114 Å². The molecule has 1 unspecified atom stereocenters. The van der Waals surface area contributed by atoms with E-state index in [0.717, 1.165) is 24.9 Å². The SMILES string of the molecule is CCC(C)(CO)CN(CCC(C)C)C1CCCC1. The molecular weight excluding hydrogens is 222 g/mol. The zero-order chi connectivity index (χ0) is 13.6. The number of hydrogen-bond acceptors (Lipinski definition) is 2. The van der Waals surface area contributed by atoms with E-state index < -0.39 is 0 Å². The van der Waals surface area contributed by atoms with Gasteiger partial charge in [-0.05, 0) is 38.1 Å². The van der Waals surface area contributed by atoms with Crippen LogP contribution >= 0.6 is 0 Å². The van der Waals surface area contributed by atoms with E-state index in [1.165, 1.54) is 38.6 Å². The lowest BCUT2D eigenvalue weighted by Gasteiger charge is -2.37. The summed E-state index contributed by atoms with van der Waals surface area (Å²) in [4.78, 5) is 2.67. The van der Waals surface area contributed by atoms with Crippen molar-refractivity contribution in [3.63, 3.8) is 0 Å². The molecule has 1 N–H and O–H groups in total. The van der Waals surface area contributed by atoms with Crippen LogP contribution < -0.4 is 0 Å². The highest BCUT2D eigenvalue weighted by Gasteiger charge is 2.29. The minimum Gasteiger partial charge on any atom is -0.396 e. The fourth-order valence-corrected chi connectivity index (χ4v) is 2.85. The molecule has 0 saturated heterocycles. The van der Waals surface area contributed by atoms with Gasteiger partial charge in [-0.3, -0.25) is 4.90 Å². The van der Waals surface area contributed by atoms with Crippen LogP contribution in [0.15, 0.2) is 0 Å². The Morgan fingerprint density at radius 2 is 1.89 bits per heavy atom. The molecule has 1 rings (SSSR count). The molecule has 0 bridgehead atoms. The summed E-state index contributed by atoms with van der Waals surface area (Å²) >= 11 is 0. The average molecular weight is 255 g/mol. The summed E-state index contributed by atoms with van der Waals surface area (Å²) in [5.74, 6) is 0.774. The molecule has 0 amide bonds. The number of aliphatic hydroxyl groups is 1. The van der Waals surface area contributed by atoms with Gasteiger partial charge in [-0.15, -0.1) is 0 Å². The van der Waals surface area contributed by atoms with Crippen molar-refractivity contribution < 1.29 is 5.11 Å². The van der Waals surface area contributed by atoms with Gasteiger partial charge < -0.3 is 5.11 Å². The Bertz CT molecular complexity index is 217. The fourth-order valence-electron chi connectivity index (χ4n) is 2.85. The zero-order valence-corrected chi connectivity index (χ0v) is 12.9. The van der Waals surface area contributed by atoms with E-state index in [1.54, 1.807) is 0 Å². The second-order valence-corrected chi connectivity index (χ2v) is 6.91. The van der Waals surface area contributed by atoms with Crippen LogP contribution in [0.4, 0.5) is 0 Å². The van der Waals surface area contributed by atoms with Gasteiger partial charge in [0.1, 0.15) is 0 Å². The summed E-state index contributed by atoms with van der Waals surface area (Å²) in [6.45, 7) is 11.6. The molecule has 1 fully saturated rings. The number of aliphatic hydroxyl groups excluding tert-OH is 1. The van der Waals surface area contributed by atoms with Crippen molar-refractivity contribution in [3.8, 4) is 0 Å². The summed E-state index contributed by atoms with van der Waals surface area (Å²) in [6.07, 6.45) is 7.86. The standard InChI is InChI=1S/C16H33NO/c1-5-16(4,13-18)12-17(11-10-14(2)3)15-8-6-7-9-15/h14-15,18H,5-13H2,1-4H3. The number of nitrogens with zero attached hydrogens (tertiary/aromatic N) is 1. The summed E-state index contributed by atoms with van der Waals surface area (Å²) in [7, 11) is 0. The quantitative estimate of drug-likeness (QED) is 0.715. The molecule has 0 aromatic rings. The largest absolute Gasteiger partial charge is 0.396 e. The first-order valence-electron chi connectivity index (χ1n) is 7.85. The second kappa shape index (κ2) is 7.49. The van der Waals surface area contributed by atoms with E-state index in [1.807, 2.05) is 0 Å². The minimum absolute atomic E-state index is 0.0829. The molecule has 2 nitrogen and oxygen atoms in total. The van der Waals surface area contributed by atoms with Crippen molar-refractivity contribution in [2.24, 2.45) is 11.3 Å². The molecule has 2 heteroatoms. The maximum atomic E-state index is 9.63. The Balaban J connectivity index is 2.58. The van der Waals surface area contributed by atoms with Gasteiger partial charge in [0.25, 0.3) is 0 Å². The Kier molecular flexibility index (Phi) is 6.65. The third-order valence-corrected chi connectivity index (χ3v) is 4.65. The molecule has 0 aromatic carbocycles. The fraction of sp³-hybridized carbons (Fsp3) is 1.00. The van der Waals surface area contributed by atoms with Crippen molar-refractivity contribution >= 4 is 0 Å². The van der Waals surface area contributed by atoms with Crippen LogP contribution in [0.3, 0.4) is 0 Å². The first-order chi connectivity index (χ1) is 8.50. The molecule has 1 atom stereocenters. The van der Waals surface area contributed by atoms with Gasteiger partial charge in [-0.2, -0.15) is 0 Å². The molecule has 1 aliphatic carbocycles. The van der Waals surface area contributed by atoms with E-state index in [2.05, 4.69) is 32.6 Å². The van der Waals surface area contributed by atoms with E-state index in [4.69, 9.17) is 0 Å². The predicted octanol–water partition coefficient (Wildman–Crippen LogP) is 3.69. The number of hydrogen-bond donors (Lipinski definition) is 1. The van der Waals surface area contributed by atoms with Crippen LogP contribution in [-0.4, -0.2) is 35.7 Å². The van der Waals surface area contributed by atoms with Crippen molar-refractivity contribution in [1.82, 2.24) is 4.90 Å². The highest BCUT2D eigenvalue weighted by Crippen LogP contribution is 2.29. The molecule has 1 aliphatic rings. The van der Waals surface area contributed by atoms with Crippen LogP contribution in [0.5, 0.6) is 0 Å². The third kappa shape index (κ3) is 4.89. The molecule has 0 radical (unpaired) electrons. The topological polar surface area (TPSA) is 23.5 Å². The first kappa shape index (κ1) is 16.0. The van der Waals surface area contributed by atoms with Crippen molar-refractivity contribution in [2.75, 3.05) is 19.7 Å². The van der Waals surface area contributed by atoms with Crippen LogP contribution in [0.2, 0.25) is 0 Å². The Morgan fingerprint density at radius 3 is 2.33 bits per heavy atom. The lowest BCUT2D eigenvalue weighted by atomic mass is 9.87. The van der Waals surface area contributed by atoms with Crippen molar-refractivity contribution in [1.29, 1.82) is 0 Å². The van der Waals surface area contributed by atoms with Gasteiger partial charge in [-0.25, -0.2) is 0 Å². The van der Waals surface area contributed by atoms with Crippen LogP contribution in [0.1, 0.15) is 66.2 Å². The first-order valence-corrected chi connectivity index (χ1v) is 7.85. The van der Waals surface area contributed by atoms with E-state index >= 15 is 0 Å². The van der Waals surface area contributed by atoms with Crippen LogP contribution in [-0.2, 0) is 0 Å². The van der Waals surface area contributed by atoms with Gasteiger partial charge >= 0.3 is 0 Å². The molecule has 1 saturated carbocycles. The van der Waals surface area contributed by atoms with Gasteiger partial charge in [0.15, 0.2) is 0 Å². The summed E-state index contributed by atoms with van der Waals surface area (Å²) in [5.41, 5.74) is 0.0829. The van der Waals surface area contributed by atoms with E-state index in [-0.39, 0.29) is 5.41 Å². The Hall–Kier alpha value is -0.0800. The van der Waals surface area contributed by atoms with Crippen molar-refractivity contribution in [2.45, 2.75) is 72.3 Å². The summed E-state index contributed by atoms with van der Waals surface area (Å²) in [6, 6.07) is 0.779. The van der Waals surface area contributed by atoms with Crippen LogP contribution in [0.25, 0.3) is 0 Å². The molecular formula is C16H33NO. The van der Waals surface area contributed by atoms with Gasteiger partial charge in [0.05, 0.1) is 0 Å². The van der Waals surface area contributed by atoms with E-state index in [9.17, 15) is 5.11 Å². The molecule has 0 aromatic heterocycles. The maximum Gasteiger partial charge on any atom is 0.0496 e. The van der Waals surface area contributed by atoms with Gasteiger partial charge in [-0.1, -0.05) is 40.5 Å². The number of rotatable bonds is 8. The van der Waals surface area contributed by atoms with E-state index in [0.29, 0.717) is 6.61 Å². The monoisotopic (exact) mass is 255 g/mol. The molecule has 18 heavy (non-hydrogen) atoms. The lowest BCUT2D eigenvalue weighted by molar-refractivity contribution is 0.0613. The zero-order valence-electron chi connectivity index (χ0n) is 12.9. The highest BCUT2D eigenvalue weighted by molar-refractivity contribution is 4.83. The van der Waals surface area contributed by atoms with Gasteiger partial charge in [0, 0.05) is 24.6 Å². The minimum atomic E-state index is 0.0829. The van der Waals surface area contributed by atoms with Crippen molar-refractivity contribution in [3.05, 3.63) is 0 Å². The van der Waals surface area contributed by atoms with Gasteiger partial charge in [0.2, 0.25) is 0 Å². The second-order valence-electron chi connectivity index (χ2n) is 6.91. The predicted molar refractivity (Wildman–Crippen MR) is 78.8 cm³/mol. The normalized spacial score (nSPS) is 20.8. The smallest absolute Gasteiger partial charge is 0.0496 e. The highest BCUT2D eigenvalue weighted by atomic mass is 16.3. The van der Waals surface area contributed by atoms with Crippen LogP contribution in [0, 0.1) is 11.3 Å². The molecule has 0 spiro atoms. The summed E-state index contributed by atoms with van der Waals surface area (Å²) < 4.78 is 0.